The topological polar surface area (TPSA) is 99.1 Å². The van der Waals surface area contributed by atoms with Crippen molar-refractivity contribution in [1.82, 2.24) is 10.2 Å². The minimum atomic E-state index is -1.16. The van der Waals surface area contributed by atoms with E-state index in [1.165, 1.54) is 6.07 Å². The first-order chi connectivity index (χ1) is 12.5. The number of rotatable bonds is 6. The van der Waals surface area contributed by atoms with Crippen LogP contribution in [0.15, 0.2) is 18.2 Å². The molecule has 7 nitrogen and oxygen atoms in total. The number of ketones is 1. The van der Waals surface area contributed by atoms with Gasteiger partial charge in [-0.05, 0) is 37.9 Å². The fourth-order valence-electron chi connectivity index (χ4n) is 3.81. The molecule has 26 heavy (non-hydrogen) atoms. The van der Waals surface area contributed by atoms with Crippen LogP contribution in [-0.2, 0) is 11.2 Å². The molecule has 0 amide bonds. The molecule has 1 aromatic rings. The molecule has 0 spiro atoms. The van der Waals surface area contributed by atoms with Gasteiger partial charge < -0.3 is 20.1 Å². The lowest BCUT2D eigenvalue weighted by Gasteiger charge is -2.32. The first-order valence-corrected chi connectivity index (χ1v) is 9.09. The first-order valence-electron chi connectivity index (χ1n) is 9.09. The number of likely N-dealkylation sites (tertiary alicyclic amines) is 1. The zero-order valence-electron chi connectivity index (χ0n) is 15.0. The molecule has 2 aliphatic rings. The van der Waals surface area contributed by atoms with E-state index in [0.29, 0.717) is 19.0 Å². The molecule has 2 heterocycles. The molecule has 1 aromatic carbocycles. The molecular weight excluding hydrogens is 335 g/mol. The Morgan fingerprint density at radius 1 is 1.35 bits per heavy atom. The number of nitrogens with one attached hydrogen (secondary N) is 1. The van der Waals surface area contributed by atoms with Crippen LogP contribution in [0, 0.1) is 0 Å². The zero-order chi connectivity index (χ0) is 18.7. The Morgan fingerprint density at radius 3 is 2.73 bits per heavy atom. The highest BCUT2D eigenvalue weighted by Crippen LogP contribution is 2.36. The monoisotopic (exact) mass is 360 g/mol. The lowest BCUT2D eigenvalue weighted by Crippen LogP contribution is -2.43. The van der Waals surface area contributed by atoms with Crippen molar-refractivity contribution in [2.75, 3.05) is 26.7 Å². The summed E-state index contributed by atoms with van der Waals surface area (Å²) >= 11 is 0. The summed E-state index contributed by atoms with van der Waals surface area (Å²) in [5, 5.41) is 22.8. The van der Waals surface area contributed by atoms with Gasteiger partial charge in [0.15, 0.2) is 0 Å². The number of carboxylic acid groups (broad SMARTS) is 1. The molecule has 3 rings (SSSR count). The number of hydrogen-bond donors (Lipinski definition) is 3. The van der Waals surface area contributed by atoms with E-state index >= 15 is 0 Å². The summed E-state index contributed by atoms with van der Waals surface area (Å²) in [5.41, 5.74) is 0.765. The molecule has 140 valence electrons. The Balaban J connectivity index is 1.58. The minimum absolute atomic E-state index is 0.0405. The van der Waals surface area contributed by atoms with E-state index < -0.39 is 13.1 Å². The number of para-hydroxylation sites is 1. The molecule has 0 bridgehead atoms. The van der Waals surface area contributed by atoms with Crippen molar-refractivity contribution in [3.8, 4) is 5.75 Å². The summed E-state index contributed by atoms with van der Waals surface area (Å²) in [6, 6.07) is 5.42. The number of nitrogens with zero attached hydrogens (tertiary/aromatic N) is 1. The average molecular weight is 360 g/mol. The van der Waals surface area contributed by atoms with Crippen LogP contribution in [0.2, 0.25) is 5.82 Å². The first kappa shape index (κ1) is 18.9. The predicted molar refractivity (Wildman–Crippen MR) is 97.6 cm³/mol. The highest BCUT2D eigenvalue weighted by molar-refractivity contribution is 6.47. The Labute approximate surface area is 153 Å². The Morgan fingerprint density at radius 2 is 2.08 bits per heavy atom. The summed E-state index contributed by atoms with van der Waals surface area (Å²) in [4.78, 5) is 25.9. The van der Waals surface area contributed by atoms with Crippen LogP contribution in [0.3, 0.4) is 0 Å². The average Bonchev–Trinajstić information content (AvgIpc) is 2.62. The maximum atomic E-state index is 12.4. The predicted octanol–water partition coefficient (Wildman–Crippen LogP) is 0.813. The lowest BCUT2D eigenvalue weighted by molar-refractivity contribution is -0.120. The van der Waals surface area contributed by atoms with Crippen molar-refractivity contribution in [2.24, 2.45) is 0 Å². The van der Waals surface area contributed by atoms with Crippen molar-refractivity contribution in [3.63, 3.8) is 0 Å². The van der Waals surface area contributed by atoms with Crippen LogP contribution < -0.4 is 9.97 Å². The maximum absolute atomic E-state index is 12.4. The van der Waals surface area contributed by atoms with Crippen molar-refractivity contribution in [1.29, 1.82) is 0 Å². The van der Waals surface area contributed by atoms with E-state index in [9.17, 15) is 19.7 Å². The molecule has 3 N–H and O–H groups in total. The van der Waals surface area contributed by atoms with E-state index in [0.717, 1.165) is 31.5 Å². The van der Waals surface area contributed by atoms with Gasteiger partial charge in [0.25, 0.3) is 0 Å². The molecule has 0 unspecified atom stereocenters. The third-order valence-corrected chi connectivity index (χ3v) is 5.34. The number of aromatic carboxylic acids is 1. The second-order valence-corrected chi connectivity index (χ2v) is 7.15. The lowest BCUT2D eigenvalue weighted by atomic mass is 9.64. The third kappa shape index (κ3) is 4.25. The molecule has 2 aliphatic heterocycles. The van der Waals surface area contributed by atoms with Gasteiger partial charge >= 0.3 is 13.1 Å². The molecule has 0 radical (unpaired) electrons. The summed E-state index contributed by atoms with van der Waals surface area (Å²) < 4.78 is 5.46. The quantitative estimate of drug-likeness (QED) is 0.646. The standard InChI is InChI=1S/C18H25BN2O5/c1-20-14-5-7-21(8-6-14)11-15(22)10-13-9-12-3-2-4-16(18(23)24)17(12)26-19(13)25/h2-4,13-14,20,25H,5-11H2,1H3,(H,23,24)/t13-/m1/s1. The van der Waals surface area contributed by atoms with Gasteiger partial charge in [-0.2, -0.15) is 0 Å². The fourth-order valence-corrected chi connectivity index (χ4v) is 3.81. The van der Waals surface area contributed by atoms with Crippen molar-refractivity contribution in [3.05, 3.63) is 29.3 Å². The van der Waals surface area contributed by atoms with Crippen molar-refractivity contribution >= 4 is 18.9 Å². The van der Waals surface area contributed by atoms with Crippen molar-refractivity contribution in [2.45, 2.75) is 37.5 Å². The molecule has 0 saturated carbocycles. The van der Waals surface area contributed by atoms with Crippen LogP contribution in [-0.4, -0.2) is 66.6 Å². The van der Waals surface area contributed by atoms with Gasteiger partial charge in [-0.15, -0.1) is 0 Å². The number of fused-ring (bicyclic) bond motifs is 1. The summed E-state index contributed by atoms with van der Waals surface area (Å²) in [6.45, 7) is 2.18. The zero-order valence-corrected chi connectivity index (χ0v) is 15.0. The highest BCUT2D eigenvalue weighted by Gasteiger charge is 2.38. The van der Waals surface area contributed by atoms with Gasteiger partial charge in [-0.3, -0.25) is 9.69 Å². The molecule has 1 saturated heterocycles. The molecular formula is C18H25BN2O5. The van der Waals surface area contributed by atoms with Crippen LogP contribution in [0.25, 0.3) is 0 Å². The van der Waals surface area contributed by atoms with Crippen LogP contribution in [0.4, 0.5) is 0 Å². The number of benzene rings is 1. The van der Waals surface area contributed by atoms with E-state index in [2.05, 4.69) is 10.2 Å². The summed E-state index contributed by atoms with van der Waals surface area (Å²) in [5.74, 6) is -1.15. The number of carbonyl (C=O) groups is 2. The second-order valence-electron chi connectivity index (χ2n) is 7.15. The maximum Gasteiger partial charge on any atom is 0.526 e. The number of hydrogen-bond acceptors (Lipinski definition) is 6. The van der Waals surface area contributed by atoms with Crippen LogP contribution in [0.1, 0.15) is 35.2 Å². The largest absolute Gasteiger partial charge is 0.535 e. The van der Waals surface area contributed by atoms with Gasteiger partial charge in [0.1, 0.15) is 11.5 Å². The van der Waals surface area contributed by atoms with Gasteiger partial charge in [0.2, 0.25) is 0 Å². The number of carboxylic acids is 1. The summed E-state index contributed by atoms with van der Waals surface area (Å²) in [7, 11) is 0.797. The minimum Gasteiger partial charge on any atom is -0.535 e. The van der Waals surface area contributed by atoms with E-state index in [-0.39, 0.29) is 29.3 Å². The molecule has 0 aliphatic carbocycles. The van der Waals surface area contributed by atoms with E-state index in [1.54, 1.807) is 12.1 Å². The fraction of sp³-hybridized carbons (Fsp3) is 0.556. The number of Topliss-reactive ketones (excluding diaryl/α,β-unsaturated/α-hetero) is 1. The third-order valence-electron chi connectivity index (χ3n) is 5.34. The molecule has 1 fully saturated rings. The summed E-state index contributed by atoms with van der Waals surface area (Å²) in [6.07, 6.45) is 2.73. The van der Waals surface area contributed by atoms with Crippen LogP contribution in [0.5, 0.6) is 5.75 Å². The van der Waals surface area contributed by atoms with Gasteiger partial charge in [0, 0.05) is 31.4 Å². The normalized spacial score (nSPS) is 21.2. The second kappa shape index (κ2) is 8.20. The van der Waals surface area contributed by atoms with Gasteiger partial charge in [-0.1, -0.05) is 12.1 Å². The Bertz CT molecular complexity index is 676. The Hall–Kier alpha value is -1.90. The van der Waals surface area contributed by atoms with Crippen molar-refractivity contribution < 1.29 is 24.4 Å². The molecule has 8 heteroatoms. The van der Waals surface area contributed by atoms with E-state index in [1.807, 2.05) is 7.05 Å². The molecule has 0 aromatic heterocycles. The Kier molecular flexibility index (Phi) is 5.96. The number of carbonyl (C=O) groups excluding carboxylic acids is 1. The van der Waals surface area contributed by atoms with Crippen LogP contribution >= 0.6 is 0 Å². The SMILES string of the molecule is CNC1CCN(CC(=O)C[C@H]2Cc3cccc(C(=O)O)c3OB2O)CC1. The van der Waals surface area contributed by atoms with Gasteiger partial charge in [0.05, 0.1) is 12.1 Å². The molecule has 1 atom stereocenters. The highest BCUT2D eigenvalue weighted by atomic mass is 16.5. The number of piperidine rings is 1. The smallest absolute Gasteiger partial charge is 0.526 e. The van der Waals surface area contributed by atoms with E-state index in [4.69, 9.17) is 4.65 Å². The van der Waals surface area contributed by atoms with Gasteiger partial charge in [-0.25, -0.2) is 4.79 Å².